The average Bonchev–Trinajstić information content (AvgIpc) is 3.00. The van der Waals surface area contributed by atoms with Gasteiger partial charge in [0.25, 0.3) is 5.82 Å². The van der Waals surface area contributed by atoms with E-state index >= 15 is 0 Å². The van der Waals surface area contributed by atoms with E-state index in [1.165, 1.54) is 44.8 Å². The lowest BCUT2D eigenvalue weighted by molar-refractivity contribution is -0.633. The second-order valence-corrected chi connectivity index (χ2v) is 8.62. The van der Waals surface area contributed by atoms with Crippen LogP contribution >= 0.6 is 0 Å². The fourth-order valence-electron chi connectivity index (χ4n) is 4.44. The topological polar surface area (TPSA) is 8.81 Å². The van der Waals surface area contributed by atoms with E-state index in [0.717, 1.165) is 0 Å². The number of nitrogens with zero attached hydrogens (tertiary/aromatic N) is 2. The van der Waals surface area contributed by atoms with Gasteiger partial charge in [0.15, 0.2) is 11.0 Å². The van der Waals surface area contributed by atoms with Crippen molar-refractivity contribution in [2.24, 2.45) is 7.05 Å². The Kier molecular flexibility index (Phi) is 5.04. The second kappa shape index (κ2) is 7.51. The van der Waals surface area contributed by atoms with Crippen LogP contribution in [0.5, 0.6) is 0 Å². The highest BCUT2D eigenvalue weighted by Crippen LogP contribution is 2.36. The monoisotopic (exact) mass is 383 g/mol. The maximum atomic E-state index is 2.50. The molecule has 0 N–H and O–H groups in total. The predicted octanol–water partition coefficient (Wildman–Crippen LogP) is 6.68. The molecule has 0 aliphatic rings. The van der Waals surface area contributed by atoms with Crippen LogP contribution in [0.15, 0.2) is 66.7 Å². The van der Waals surface area contributed by atoms with Crippen LogP contribution in [0.25, 0.3) is 28.1 Å². The summed E-state index contributed by atoms with van der Waals surface area (Å²) in [6, 6.07) is 24.3. The van der Waals surface area contributed by atoms with Gasteiger partial charge in [0.2, 0.25) is 0 Å². The number of benzene rings is 3. The molecule has 0 saturated carbocycles. The molecule has 0 atom stereocenters. The molecule has 0 aliphatic carbocycles. The van der Waals surface area contributed by atoms with Gasteiger partial charge in [0, 0.05) is 11.1 Å². The maximum absolute atomic E-state index is 2.50. The van der Waals surface area contributed by atoms with Crippen molar-refractivity contribution in [3.05, 3.63) is 83.4 Å². The van der Waals surface area contributed by atoms with Gasteiger partial charge in [0.05, 0.1) is 12.6 Å². The first-order valence-corrected chi connectivity index (χ1v) is 10.6. The number of imidazole rings is 1. The molecule has 2 nitrogen and oxygen atoms in total. The lowest BCUT2D eigenvalue weighted by Crippen LogP contribution is -2.30. The van der Waals surface area contributed by atoms with Crippen molar-refractivity contribution in [2.45, 2.75) is 46.5 Å². The van der Waals surface area contributed by atoms with Crippen LogP contribution in [0.1, 0.15) is 56.2 Å². The van der Waals surface area contributed by atoms with Crippen LogP contribution in [-0.4, -0.2) is 4.57 Å². The molecule has 29 heavy (non-hydrogen) atoms. The van der Waals surface area contributed by atoms with Gasteiger partial charge in [-0.3, -0.25) is 0 Å². The standard InChI is InChI=1S/C27H31N2/c1-18(2)21-14-11-15-22(19(3)4)26(21)29-25-17-10-9-16-24(25)28(6)27(29)23-13-8-7-12-20(23)5/h7-19H,1-6H3/q+1. The Balaban J connectivity index is 2.22. The van der Waals surface area contributed by atoms with Crippen molar-refractivity contribution >= 4 is 11.0 Å². The van der Waals surface area contributed by atoms with Crippen LogP contribution in [0.4, 0.5) is 0 Å². The number of rotatable bonds is 4. The van der Waals surface area contributed by atoms with Gasteiger partial charge in [-0.25, -0.2) is 4.57 Å². The molecular weight excluding hydrogens is 352 g/mol. The first-order valence-electron chi connectivity index (χ1n) is 10.6. The Labute approximate surface area is 174 Å². The molecule has 0 unspecified atom stereocenters. The largest absolute Gasteiger partial charge is 0.295 e. The summed E-state index contributed by atoms with van der Waals surface area (Å²) in [5.74, 6) is 2.12. The van der Waals surface area contributed by atoms with Gasteiger partial charge in [-0.15, -0.1) is 0 Å². The smallest absolute Gasteiger partial charge is 0.225 e. The zero-order valence-electron chi connectivity index (χ0n) is 18.4. The third-order valence-electron chi connectivity index (χ3n) is 5.97. The number of fused-ring (bicyclic) bond motifs is 1. The lowest BCUT2D eigenvalue weighted by Gasteiger charge is -2.18. The molecule has 0 aliphatic heterocycles. The molecule has 0 fully saturated rings. The summed E-state index contributed by atoms with van der Waals surface area (Å²) in [5, 5.41) is 0. The molecule has 1 aromatic heterocycles. The van der Waals surface area contributed by atoms with E-state index in [2.05, 4.69) is 118 Å². The van der Waals surface area contributed by atoms with Gasteiger partial charge in [-0.2, -0.15) is 4.57 Å². The van der Waals surface area contributed by atoms with E-state index in [1.807, 2.05) is 0 Å². The summed E-state index contributed by atoms with van der Waals surface area (Å²) in [6.07, 6.45) is 0. The molecule has 4 aromatic rings. The minimum absolute atomic E-state index is 0.444. The number of aryl methyl sites for hydroxylation is 2. The van der Waals surface area contributed by atoms with Gasteiger partial charge >= 0.3 is 0 Å². The summed E-state index contributed by atoms with van der Waals surface area (Å²) in [5.41, 5.74) is 9.20. The molecule has 0 bridgehead atoms. The Morgan fingerprint density at radius 1 is 0.724 bits per heavy atom. The van der Waals surface area contributed by atoms with Gasteiger partial charge in [-0.05, 0) is 42.5 Å². The molecule has 148 valence electrons. The Morgan fingerprint density at radius 2 is 1.31 bits per heavy atom. The van der Waals surface area contributed by atoms with Crippen LogP contribution in [0.3, 0.4) is 0 Å². The van der Waals surface area contributed by atoms with Crippen LogP contribution in [0, 0.1) is 6.92 Å². The summed E-state index contributed by atoms with van der Waals surface area (Å²) in [4.78, 5) is 0. The Hall–Kier alpha value is -2.87. The lowest BCUT2D eigenvalue weighted by atomic mass is 9.92. The summed E-state index contributed by atoms with van der Waals surface area (Å²) < 4.78 is 4.85. The molecule has 0 amide bonds. The van der Waals surface area contributed by atoms with E-state index in [9.17, 15) is 0 Å². The van der Waals surface area contributed by atoms with Crippen molar-refractivity contribution in [3.8, 4) is 17.1 Å². The summed E-state index contributed by atoms with van der Waals surface area (Å²) >= 11 is 0. The van der Waals surface area contributed by atoms with Crippen molar-refractivity contribution < 1.29 is 4.57 Å². The van der Waals surface area contributed by atoms with Crippen molar-refractivity contribution in [1.82, 2.24) is 4.57 Å². The van der Waals surface area contributed by atoms with Gasteiger partial charge < -0.3 is 0 Å². The van der Waals surface area contributed by atoms with Crippen molar-refractivity contribution in [2.75, 3.05) is 0 Å². The van der Waals surface area contributed by atoms with E-state index in [0.29, 0.717) is 11.8 Å². The quantitative estimate of drug-likeness (QED) is 0.348. The van der Waals surface area contributed by atoms with Crippen LogP contribution in [0.2, 0.25) is 0 Å². The molecule has 2 heteroatoms. The van der Waals surface area contributed by atoms with E-state index < -0.39 is 0 Å². The fraction of sp³-hybridized carbons (Fsp3) is 0.296. The first-order chi connectivity index (χ1) is 13.9. The zero-order chi connectivity index (χ0) is 20.7. The van der Waals surface area contributed by atoms with E-state index in [1.54, 1.807) is 0 Å². The molecule has 0 spiro atoms. The second-order valence-electron chi connectivity index (χ2n) is 8.62. The highest BCUT2D eigenvalue weighted by molar-refractivity contribution is 5.80. The van der Waals surface area contributed by atoms with Crippen LogP contribution < -0.4 is 4.57 Å². The fourth-order valence-corrected chi connectivity index (χ4v) is 4.44. The molecule has 0 saturated heterocycles. The predicted molar refractivity (Wildman–Crippen MR) is 123 cm³/mol. The summed E-state index contributed by atoms with van der Waals surface area (Å²) in [7, 11) is 2.19. The summed E-state index contributed by atoms with van der Waals surface area (Å²) in [6.45, 7) is 11.4. The van der Waals surface area contributed by atoms with Crippen LogP contribution in [-0.2, 0) is 7.05 Å². The van der Waals surface area contributed by atoms with Gasteiger partial charge in [0.1, 0.15) is 5.69 Å². The SMILES string of the molecule is Cc1ccccc1-c1n(-c2c(C(C)C)cccc2C(C)C)c2ccccc2[n+]1C. The third kappa shape index (κ3) is 3.17. The average molecular weight is 384 g/mol. The van der Waals surface area contributed by atoms with E-state index in [-0.39, 0.29) is 0 Å². The van der Waals surface area contributed by atoms with Gasteiger partial charge in [-0.1, -0.05) is 76.2 Å². The highest BCUT2D eigenvalue weighted by atomic mass is 15.2. The molecule has 1 heterocycles. The zero-order valence-corrected chi connectivity index (χ0v) is 18.4. The minimum atomic E-state index is 0.444. The molecular formula is C27H31N2+. The molecule has 3 aromatic carbocycles. The van der Waals surface area contributed by atoms with Crippen molar-refractivity contribution in [3.63, 3.8) is 0 Å². The minimum Gasteiger partial charge on any atom is -0.225 e. The highest BCUT2D eigenvalue weighted by Gasteiger charge is 2.30. The first kappa shape index (κ1) is 19.4. The maximum Gasteiger partial charge on any atom is 0.295 e. The number of para-hydroxylation sites is 3. The number of hydrogen-bond acceptors (Lipinski definition) is 0. The molecule has 4 rings (SSSR count). The Bertz CT molecular complexity index is 1150. The van der Waals surface area contributed by atoms with Crippen molar-refractivity contribution in [1.29, 1.82) is 0 Å². The number of aromatic nitrogens is 2. The Morgan fingerprint density at radius 3 is 1.93 bits per heavy atom. The molecule has 0 radical (unpaired) electrons. The third-order valence-corrected chi connectivity index (χ3v) is 5.97. The van der Waals surface area contributed by atoms with E-state index in [4.69, 9.17) is 0 Å². The number of hydrogen-bond donors (Lipinski definition) is 0. The normalized spacial score (nSPS) is 11.7.